The maximum Gasteiger partial charge on any atom is 0.257 e. The second kappa shape index (κ2) is 11.6. The molecule has 194 valence electrons. The van der Waals surface area contributed by atoms with Crippen molar-refractivity contribution in [2.45, 2.75) is 30.5 Å². The van der Waals surface area contributed by atoms with Crippen molar-refractivity contribution in [3.8, 4) is 17.2 Å². The van der Waals surface area contributed by atoms with Gasteiger partial charge in [0.1, 0.15) is 17.2 Å². The minimum absolute atomic E-state index is 0.0494. The van der Waals surface area contributed by atoms with Gasteiger partial charge in [0.25, 0.3) is 5.91 Å². The van der Waals surface area contributed by atoms with E-state index in [2.05, 4.69) is 10.3 Å². The van der Waals surface area contributed by atoms with Crippen molar-refractivity contribution in [2.75, 3.05) is 31.5 Å². The molecule has 2 aromatic carbocycles. The zero-order chi connectivity index (χ0) is 26.5. The summed E-state index contributed by atoms with van der Waals surface area (Å²) in [6, 6.07) is 10.6. The van der Waals surface area contributed by atoms with E-state index in [0.717, 1.165) is 6.26 Å². The Bertz CT molecular complexity index is 1370. The second-order valence-electron chi connectivity index (χ2n) is 8.81. The molecule has 0 aliphatic rings. The lowest BCUT2D eigenvalue weighted by Gasteiger charge is -2.16. The number of aromatic nitrogens is 1. The number of rotatable bonds is 11. The summed E-state index contributed by atoms with van der Waals surface area (Å²) in [5.41, 5.74) is 0.903. The molecule has 3 rings (SSSR count). The molecule has 9 nitrogen and oxygen atoms in total. The zero-order valence-electron chi connectivity index (χ0n) is 20.4. The lowest BCUT2D eigenvalue weighted by molar-refractivity contribution is 0.102. The maximum absolute atomic E-state index is 13.0. The summed E-state index contributed by atoms with van der Waals surface area (Å²) in [4.78, 5) is 17.5. The number of hydrogen-bond donors (Lipinski definition) is 2. The Labute approximate surface area is 214 Å². The third-order valence-electron chi connectivity index (χ3n) is 4.82. The van der Waals surface area contributed by atoms with E-state index in [0.29, 0.717) is 40.7 Å². The summed E-state index contributed by atoms with van der Waals surface area (Å²) in [7, 11) is -5.64. The van der Waals surface area contributed by atoms with Gasteiger partial charge in [0.15, 0.2) is 15.0 Å². The summed E-state index contributed by atoms with van der Waals surface area (Å²) >= 11 is 1.24. The molecule has 0 aliphatic heterocycles. The molecule has 1 atom stereocenters. The molecule has 0 spiro atoms. The van der Waals surface area contributed by atoms with Crippen molar-refractivity contribution < 1.29 is 32.4 Å². The highest BCUT2D eigenvalue weighted by Gasteiger charge is 2.16. The van der Waals surface area contributed by atoms with Gasteiger partial charge < -0.3 is 19.1 Å². The highest BCUT2D eigenvalue weighted by Crippen LogP contribution is 2.40. The predicted molar refractivity (Wildman–Crippen MR) is 141 cm³/mol. The van der Waals surface area contributed by atoms with E-state index in [1.54, 1.807) is 37.8 Å². The minimum atomic E-state index is -3.34. The van der Waals surface area contributed by atoms with Crippen LogP contribution in [0, 0.1) is 0 Å². The van der Waals surface area contributed by atoms with Gasteiger partial charge in [-0.2, -0.15) is 0 Å². The first-order valence-electron chi connectivity index (χ1n) is 11.0. The average molecular weight is 553 g/mol. The molecule has 0 bridgehead atoms. The fraction of sp³-hybridized carbons (Fsp3) is 0.333. The number of aliphatic hydroxyl groups is 1. The highest BCUT2D eigenvalue weighted by molar-refractivity contribution is 7.90. The number of benzene rings is 2. The maximum atomic E-state index is 13.0. The number of amides is 1. The monoisotopic (exact) mass is 552 g/mol. The zero-order valence-corrected chi connectivity index (χ0v) is 23.0. The van der Waals surface area contributed by atoms with E-state index in [-0.39, 0.29) is 23.2 Å². The molecule has 1 amide bonds. The van der Waals surface area contributed by atoms with E-state index >= 15 is 0 Å². The Morgan fingerprint density at radius 2 is 1.81 bits per heavy atom. The number of thiazole rings is 1. The number of aliphatic hydroxyl groups excluding tert-OH is 1. The van der Waals surface area contributed by atoms with Crippen LogP contribution in [0.1, 0.15) is 29.4 Å². The van der Waals surface area contributed by atoms with E-state index in [1.807, 2.05) is 0 Å². The van der Waals surface area contributed by atoms with Gasteiger partial charge in [0.05, 0.1) is 23.8 Å². The van der Waals surface area contributed by atoms with Crippen LogP contribution in [-0.4, -0.2) is 56.7 Å². The fourth-order valence-electron chi connectivity index (χ4n) is 3.19. The van der Waals surface area contributed by atoms with Crippen molar-refractivity contribution >= 4 is 39.4 Å². The normalized spacial score (nSPS) is 12.7. The molecule has 1 heterocycles. The lowest BCUT2D eigenvalue weighted by Crippen LogP contribution is -2.15. The van der Waals surface area contributed by atoms with Crippen LogP contribution in [0.5, 0.6) is 17.2 Å². The SMILES string of the molecule is C[C@@H](CCO)Oc1cc(Oc2ccc(S(C)(=O)=O)cc2)cc(C(=O)Nc2nc(CP(C)(C)=O)cs2)c1. The van der Waals surface area contributed by atoms with Crippen LogP contribution in [0.2, 0.25) is 0 Å². The molecule has 0 radical (unpaired) electrons. The largest absolute Gasteiger partial charge is 0.490 e. The van der Waals surface area contributed by atoms with E-state index < -0.39 is 22.9 Å². The molecule has 2 N–H and O–H groups in total. The summed E-state index contributed by atoms with van der Waals surface area (Å²) in [6.45, 7) is 5.12. The average Bonchev–Trinajstić information content (AvgIpc) is 3.18. The topological polar surface area (TPSA) is 132 Å². The van der Waals surface area contributed by atoms with E-state index in [4.69, 9.17) is 9.47 Å². The third kappa shape index (κ3) is 8.44. The molecule has 12 heteroatoms. The Balaban J connectivity index is 1.85. The van der Waals surface area contributed by atoms with Crippen LogP contribution in [0.25, 0.3) is 0 Å². The first-order valence-corrected chi connectivity index (χ1v) is 16.6. The number of nitrogens with one attached hydrogen (secondary N) is 1. The number of sulfone groups is 1. The van der Waals surface area contributed by atoms with Gasteiger partial charge in [-0.05, 0) is 56.7 Å². The number of ether oxygens (including phenoxy) is 2. The second-order valence-corrected chi connectivity index (χ2v) is 15.1. The van der Waals surface area contributed by atoms with Gasteiger partial charge in [0.2, 0.25) is 0 Å². The summed E-state index contributed by atoms with van der Waals surface area (Å²) in [5, 5.41) is 14.1. The first-order chi connectivity index (χ1) is 16.8. The third-order valence-corrected chi connectivity index (χ3v) is 7.84. The summed E-state index contributed by atoms with van der Waals surface area (Å²) < 4.78 is 47.2. The molecule has 0 fully saturated rings. The molecular formula is C24H29N2O7PS2. The van der Waals surface area contributed by atoms with Gasteiger partial charge in [-0.3, -0.25) is 10.1 Å². The number of anilines is 1. The number of carbonyl (C=O) groups is 1. The fourth-order valence-corrected chi connectivity index (χ4v) is 5.59. The molecular weight excluding hydrogens is 523 g/mol. The smallest absolute Gasteiger partial charge is 0.257 e. The van der Waals surface area contributed by atoms with Crippen LogP contribution in [0.4, 0.5) is 5.13 Å². The van der Waals surface area contributed by atoms with Gasteiger partial charge in [-0.1, -0.05) is 0 Å². The molecule has 1 aromatic heterocycles. The highest BCUT2D eigenvalue weighted by atomic mass is 32.2. The Morgan fingerprint density at radius 3 is 2.42 bits per heavy atom. The van der Waals surface area contributed by atoms with Crippen molar-refractivity contribution in [3.05, 3.63) is 59.1 Å². The molecule has 0 unspecified atom stereocenters. The van der Waals surface area contributed by atoms with Crippen molar-refractivity contribution in [2.24, 2.45) is 0 Å². The quantitative estimate of drug-likeness (QED) is 0.322. The molecule has 0 saturated carbocycles. The molecule has 36 heavy (non-hydrogen) atoms. The van der Waals surface area contributed by atoms with Gasteiger partial charge in [-0.25, -0.2) is 13.4 Å². The predicted octanol–water partition coefficient (Wildman–Crippen LogP) is 4.86. The number of hydrogen-bond acceptors (Lipinski definition) is 9. The first kappa shape index (κ1) is 27.9. The van der Waals surface area contributed by atoms with Crippen molar-refractivity contribution in [1.29, 1.82) is 0 Å². The Morgan fingerprint density at radius 1 is 1.14 bits per heavy atom. The molecule has 0 saturated heterocycles. The number of carbonyl (C=O) groups excluding carboxylic acids is 1. The minimum Gasteiger partial charge on any atom is -0.490 e. The standard InChI is InChI=1S/C24H29N2O7PS2/c1-16(9-10-27)32-20-11-17(23(28)26-24-25-18(15-35-24)14-34(2,3)29)12-21(13-20)33-19-5-7-22(8-6-19)36(4,30)31/h5-8,11-13,15-16,27H,9-10,14H2,1-4H3,(H,25,26,28)/t16-/m0/s1. The van der Waals surface area contributed by atoms with Gasteiger partial charge >= 0.3 is 0 Å². The number of nitrogens with zero attached hydrogens (tertiary/aromatic N) is 1. The van der Waals surface area contributed by atoms with Crippen LogP contribution in [0.3, 0.4) is 0 Å². The van der Waals surface area contributed by atoms with Crippen LogP contribution >= 0.6 is 18.5 Å². The van der Waals surface area contributed by atoms with Crippen molar-refractivity contribution in [3.63, 3.8) is 0 Å². The van der Waals surface area contributed by atoms with Crippen LogP contribution in [-0.2, 0) is 20.6 Å². The van der Waals surface area contributed by atoms with Crippen molar-refractivity contribution in [1.82, 2.24) is 4.98 Å². The van der Waals surface area contributed by atoms with E-state index in [1.165, 1.54) is 41.7 Å². The lowest BCUT2D eigenvalue weighted by atomic mass is 10.2. The van der Waals surface area contributed by atoms with Crippen LogP contribution in [0.15, 0.2) is 52.7 Å². The Kier molecular flexibility index (Phi) is 8.94. The van der Waals surface area contributed by atoms with Gasteiger partial charge in [-0.15, -0.1) is 11.3 Å². The summed E-state index contributed by atoms with van der Waals surface area (Å²) in [6.07, 6.45) is 1.56. The Hall–Kier alpha value is -2.72. The summed E-state index contributed by atoms with van der Waals surface area (Å²) in [5.74, 6) is 0.606. The van der Waals surface area contributed by atoms with E-state index in [9.17, 15) is 22.9 Å². The molecule has 0 aliphatic carbocycles. The van der Waals surface area contributed by atoms with Gasteiger partial charge in [0, 0.05) is 42.5 Å². The molecule has 3 aromatic rings. The van der Waals surface area contributed by atoms with Crippen LogP contribution < -0.4 is 14.8 Å².